The molecule has 10 heteroatoms. The van der Waals surface area contributed by atoms with Crippen molar-refractivity contribution in [1.82, 2.24) is 20.5 Å². The summed E-state index contributed by atoms with van der Waals surface area (Å²) < 4.78 is 36.9. The van der Waals surface area contributed by atoms with Gasteiger partial charge in [-0.05, 0) is 25.5 Å². The van der Waals surface area contributed by atoms with Gasteiger partial charge in [-0.15, -0.1) is 0 Å². The molecule has 1 aromatic rings. The molecule has 3 amide bonds. The standard InChI is InChI=1S/C16H19F3N4O3/c1-2-21-14(25)12-7-11(22-13(24)8-16(17,18)19)9-23(12)15(26)10-3-5-20-6-4-10/h3-6,11-12H,2,7-9H2,1H3,(H,21,25)(H,22,24). The zero-order valence-electron chi connectivity index (χ0n) is 14.0. The summed E-state index contributed by atoms with van der Waals surface area (Å²) in [6.45, 7) is 2.01. The molecule has 1 aliphatic heterocycles. The Balaban J connectivity index is 2.12. The highest BCUT2D eigenvalue weighted by molar-refractivity contribution is 5.98. The van der Waals surface area contributed by atoms with Gasteiger partial charge in [-0.1, -0.05) is 0 Å². The quantitative estimate of drug-likeness (QED) is 0.802. The van der Waals surface area contributed by atoms with Gasteiger partial charge in [0.2, 0.25) is 11.8 Å². The monoisotopic (exact) mass is 372 g/mol. The highest BCUT2D eigenvalue weighted by Gasteiger charge is 2.41. The van der Waals surface area contributed by atoms with Crippen LogP contribution in [-0.4, -0.2) is 59.0 Å². The number of alkyl halides is 3. The third kappa shape index (κ3) is 5.17. The predicted molar refractivity (Wildman–Crippen MR) is 85.0 cm³/mol. The van der Waals surface area contributed by atoms with E-state index in [2.05, 4.69) is 15.6 Å². The molecule has 0 aromatic carbocycles. The molecule has 2 heterocycles. The van der Waals surface area contributed by atoms with Crippen molar-refractivity contribution in [3.05, 3.63) is 30.1 Å². The Bertz CT molecular complexity index is 666. The van der Waals surface area contributed by atoms with E-state index in [0.717, 1.165) is 0 Å². The third-order valence-corrected chi connectivity index (χ3v) is 3.87. The number of rotatable bonds is 5. The Labute approximate surface area is 148 Å². The minimum absolute atomic E-state index is 0.0479. The van der Waals surface area contributed by atoms with Crippen molar-refractivity contribution in [3.8, 4) is 0 Å². The molecule has 2 N–H and O–H groups in total. The second-order valence-corrected chi connectivity index (χ2v) is 5.90. The average Bonchev–Trinajstić information content (AvgIpc) is 2.97. The molecular formula is C16H19F3N4O3. The van der Waals surface area contributed by atoms with Gasteiger partial charge in [-0.3, -0.25) is 19.4 Å². The van der Waals surface area contributed by atoms with Crippen LogP contribution in [-0.2, 0) is 9.59 Å². The van der Waals surface area contributed by atoms with Crippen molar-refractivity contribution in [2.75, 3.05) is 13.1 Å². The molecule has 7 nitrogen and oxygen atoms in total. The van der Waals surface area contributed by atoms with Crippen LogP contribution in [0.4, 0.5) is 13.2 Å². The molecule has 1 fully saturated rings. The Kier molecular flexibility index (Phi) is 6.17. The maximum atomic E-state index is 12.7. The average molecular weight is 372 g/mol. The van der Waals surface area contributed by atoms with E-state index in [0.29, 0.717) is 12.1 Å². The summed E-state index contributed by atoms with van der Waals surface area (Å²) >= 11 is 0. The summed E-state index contributed by atoms with van der Waals surface area (Å²) in [6.07, 6.45) is -3.33. The first kappa shape index (κ1) is 19.7. The van der Waals surface area contributed by atoms with E-state index in [1.54, 1.807) is 6.92 Å². The van der Waals surface area contributed by atoms with E-state index in [1.165, 1.54) is 29.4 Å². The summed E-state index contributed by atoms with van der Waals surface area (Å²) in [4.78, 5) is 41.5. The van der Waals surface area contributed by atoms with Crippen LogP contribution in [0.5, 0.6) is 0 Å². The molecule has 1 aromatic heterocycles. The summed E-state index contributed by atoms with van der Waals surface area (Å²) in [5.74, 6) is -2.05. The van der Waals surface area contributed by atoms with Crippen LogP contribution >= 0.6 is 0 Å². The summed E-state index contributed by atoms with van der Waals surface area (Å²) in [5, 5.41) is 4.85. The van der Waals surface area contributed by atoms with Crippen molar-refractivity contribution in [2.45, 2.75) is 38.0 Å². The van der Waals surface area contributed by atoms with E-state index in [4.69, 9.17) is 0 Å². The van der Waals surface area contributed by atoms with Gasteiger partial charge in [0.15, 0.2) is 0 Å². The van der Waals surface area contributed by atoms with Crippen LogP contribution < -0.4 is 10.6 Å². The van der Waals surface area contributed by atoms with Crippen LogP contribution in [0.3, 0.4) is 0 Å². The van der Waals surface area contributed by atoms with E-state index >= 15 is 0 Å². The van der Waals surface area contributed by atoms with Gasteiger partial charge in [0.1, 0.15) is 12.5 Å². The molecule has 2 unspecified atom stereocenters. The lowest BCUT2D eigenvalue weighted by molar-refractivity contribution is -0.154. The lowest BCUT2D eigenvalue weighted by Gasteiger charge is -2.23. The Morgan fingerprint density at radius 3 is 2.50 bits per heavy atom. The fourth-order valence-corrected chi connectivity index (χ4v) is 2.83. The Morgan fingerprint density at radius 1 is 1.27 bits per heavy atom. The van der Waals surface area contributed by atoms with Crippen molar-refractivity contribution in [3.63, 3.8) is 0 Å². The first-order chi connectivity index (χ1) is 12.2. The molecule has 0 bridgehead atoms. The van der Waals surface area contributed by atoms with Gasteiger partial charge in [-0.2, -0.15) is 13.2 Å². The number of likely N-dealkylation sites (N-methyl/N-ethyl adjacent to an activating group) is 1. The first-order valence-corrected chi connectivity index (χ1v) is 8.06. The SMILES string of the molecule is CCNC(=O)C1CC(NC(=O)CC(F)(F)F)CN1C(=O)c1ccncc1. The highest BCUT2D eigenvalue weighted by Crippen LogP contribution is 2.23. The van der Waals surface area contributed by atoms with Crippen molar-refractivity contribution >= 4 is 17.7 Å². The van der Waals surface area contributed by atoms with Crippen LogP contribution in [0.25, 0.3) is 0 Å². The molecule has 142 valence electrons. The van der Waals surface area contributed by atoms with Crippen LogP contribution in [0.15, 0.2) is 24.5 Å². The zero-order chi connectivity index (χ0) is 19.3. The van der Waals surface area contributed by atoms with Gasteiger partial charge in [0.25, 0.3) is 5.91 Å². The number of nitrogens with one attached hydrogen (secondary N) is 2. The second kappa shape index (κ2) is 8.15. The number of carbonyl (C=O) groups is 3. The number of nitrogens with zero attached hydrogens (tertiary/aromatic N) is 2. The molecule has 2 atom stereocenters. The molecule has 26 heavy (non-hydrogen) atoms. The molecule has 1 saturated heterocycles. The summed E-state index contributed by atoms with van der Waals surface area (Å²) in [7, 11) is 0. The number of amides is 3. The lowest BCUT2D eigenvalue weighted by atomic mass is 10.1. The Morgan fingerprint density at radius 2 is 1.92 bits per heavy atom. The van der Waals surface area contributed by atoms with Gasteiger partial charge in [0.05, 0.1) is 0 Å². The predicted octanol–water partition coefficient (Wildman–Crippen LogP) is 0.869. The van der Waals surface area contributed by atoms with E-state index in [9.17, 15) is 27.6 Å². The molecule has 0 aliphatic carbocycles. The summed E-state index contributed by atoms with van der Waals surface area (Å²) in [6, 6.07) is 1.36. The maximum absolute atomic E-state index is 12.7. The van der Waals surface area contributed by atoms with Crippen LogP contribution in [0.1, 0.15) is 30.1 Å². The minimum atomic E-state index is -4.62. The van der Waals surface area contributed by atoms with E-state index < -0.39 is 42.4 Å². The molecule has 2 rings (SSSR count). The smallest absolute Gasteiger partial charge is 0.355 e. The number of halogens is 3. The molecule has 0 radical (unpaired) electrons. The maximum Gasteiger partial charge on any atom is 0.397 e. The van der Waals surface area contributed by atoms with Crippen LogP contribution in [0, 0.1) is 0 Å². The fourth-order valence-electron chi connectivity index (χ4n) is 2.83. The lowest BCUT2D eigenvalue weighted by Crippen LogP contribution is -2.46. The molecule has 0 saturated carbocycles. The van der Waals surface area contributed by atoms with Crippen molar-refractivity contribution in [1.29, 1.82) is 0 Å². The van der Waals surface area contributed by atoms with Gasteiger partial charge in [0, 0.05) is 37.1 Å². The van der Waals surface area contributed by atoms with Crippen LogP contribution in [0.2, 0.25) is 0 Å². The number of likely N-dealkylation sites (tertiary alicyclic amines) is 1. The third-order valence-electron chi connectivity index (χ3n) is 3.87. The minimum Gasteiger partial charge on any atom is -0.355 e. The zero-order valence-corrected chi connectivity index (χ0v) is 14.0. The number of carbonyl (C=O) groups excluding carboxylic acids is 3. The first-order valence-electron chi connectivity index (χ1n) is 8.06. The highest BCUT2D eigenvalue weighted by atomic mass is 19.4. The van der Waals surface area contributed by atoms with Gasteiger partial charge in [-0.25, -0.2) is 0 Å². The largest absolute Gasteiger partial charge is 0.397 e. The normalized spacial score (nSPS) is 19.9. The van der Waals surface area contributed by atoms with Crippen molar-refractivity contribution < 1.29 is 27.6 Å². The summed E-state index contributed by atoms with van der Waals surface area (Å²) in [5.41, 5.74) is 0.302. The second-order valence-electron chi connectivity index (χ2n) is 5.90. The topological polar surface area (TPSA) is 91.4 Å². The van der Waals surface area contributed by atoms with Gasteiger partial charge >= 0.3 is 6.18 Å². The van der Waals surface area contributed by atoms with Crippen molar-refractivity contribution in [2.24, 2.45) is 0 Å². The number of aromatic nitrogens is 1. The number of hydrogen-bond donors (Lipinski definition) is 2. The Hall–Kier alpha value is -2.65. The number of pyridine rings is 1. The van der Waals surface area contributed by atoms with Gasteiger partial charge < -0.3 is 15.5 Å². The molecule has 1 aliphatic rings. The molecule has 0 spiro atoms. The van der Waals surface area contributed by atoms with E-state index in [1.807, 2.05) is 0 Å². The van der Waals surface area contributed by atoms with E-state index in [-0.39, 0.29) is 13.0 Å². The fraction of sp³-hybridized carbons (Fsp3) is 0.500. The number of hydrogen-bond acceptors (Lipinski definition) is 4. The molecular weight excluding hydrogens is 353 g/mol.